The fourth-order valence-corrected chi connectivity index (χ4v) is 4.58. The van der Waals surface area contributed by atoms with Gasteiger partial charge in [0.05, 0.1) is 34.6 Å². The lowest BCUT2D eigenvalue weighted by molar-refractivity contribution is 0.795. The number of benzene rings is 3. The summed E-state index contributed by atoms with van der Waals surface area (Å²) in [7, 11) is 5.54. The van der Waals surface area contributed by atoms with Crippen LogP contribution in [-0.4, -0.2) is 28.2 Å². The number of nitrogen functional groups attached to an aromatic ring is 1. The first-order valence-electron chi connectivity index (χ1n) is 10.9. The average Bonchev–Trinajstić information content (AvgIpc) is 3.50. The van der Waals surface area contributed by atoms with Crippen LogP contribution in [0.15, 0.2) is 78.0 Å². The van der Waals surface area contributed by atoms with Gasteiger partial charge in [0.25, 0.3) is 0 Å². The van der Waals surface area contributed by atoms with Crippen LogP contribution in [0.25, 0.3) is 50.4 Å². The Balaban J connectivity index is 1.63. The molecule has 3 aromatic carbocycles. The predicted octanol–water partition coefficient (Wildman–Crippen LogP) is 3.87. The molecule has 0 amide bonds. The van der Waals surface area contributed by atoms with Gasteiger partial charge in [-0.25, -0.2) is 14.8 Å². The van der Waals surface area contributed by atoms with E-state index in [9.17, 15) is 4.79 Å². The van der Waals surface area contributed by atoms with E-state index in [1.165, 1.54) is 0 Å². The standard InChI is InChI=1S/C26H23N7O/c1-30-15-28-14-24(30)25-29-20-12-17(16-4-7-18(27)8-5-16)6-10-21(20)33(25)19-9-11-22-23(13-19)32(3)26(34)31(22)2/h4-15H,27H2,1-3H3. The third kappa shape index (κ3) is 2.88. The van der Waals surface area contributed by atoms with Crippen molar-refractivity contribution in [2.24, 2.45) is 21.1 Å². The number of nitrogens with two attached hydrogens (primary N) is 1. The van der Waals surface area contributed by atoms with E-state index in [2.05, 4.69) is 27.8 Å². The van der Waals surface area contributed by atoms with Crippen molar-refractivity contribution < 1.29 is 0 Å². The van der Waals surface area contributed by atoms with Gasteiger partial charge in [-0.1, -0.05) is 18.2 Å². The smallest absolute Gasteiger partial charge is 0.328 e. The van der Waals surface area contributed by atoms with Gasteiger partial charge in [-0.2, -0.15) is 0 Å². The zero-order chi connectivity index (χ0) is 23.6. The molecule has 8 heteroatoms. The van der Waals surface area contributed by atoms with Gasteiger partial charge in [0.1, 0.15) is 5.69 Å². The summed E-state index contributed by atoms with van der Waals surface area (Å²) < 4.78 is 7.40. The van der Waals surface area contributed by atoms with E-state index in [0.29, 0.717) is 0 Å². The number of imidazole rings is 3. The minimum atomic E-state index is -0.0531. The first-order chi connectivity index (χ1) is 16.4. The summed E-state index contributed by atoms with van der Waals surface area (Å²) >= 11 is 0. The molecule has 0 saturated heterocycles. The van der Waals surface area contributed by atoms with Crippen LogP contribution in [0.4, 0.5) is 5.69 Å². The van der Waals surface area contributed by atoms with Crippen LogP contribution in [0, 0.1) is 0 Å². The zero-order valence-electron chi connectivity index (χ0n) is 19.1. The summed E-state index contributed by atoms with van der Waals surface area (Å²) in [4.78, 5) is 21.8. The lowest BCUT2D eigenvalue weighted by Gasteiger charge is -2.11. The van der Waals surface area contributed by atoms with E-state index in [0.717, 1.165) is 56.1 Å². The van der Waals surface area contributed by atoms with Gasteiger partial charge in [-0.05, 0) is 53.6 Å². The quantitative estimate of drug-likeness (QED) is 0.416. The van der Waals surface area contributed by atoms with Crippen molar-refractivity contribution in [3.8, 4) is 28.3 Å². The first-order valence-corrected chi connectivity index (χ1v) is 10.9. The van der Waals surface area contributed by atoms with Gasteiger partial charge in [0.15, 0.2) is 5.82 Å². The molecule has 0 aliphatic carbocycles. The van der Waals surface area contributed by atoms with Crippen molar-refractivity contribution in [2.75, 3.05) is 5.73 Å². The van der Waals surface area contributed by atoms with Gasteiger partial charge in [-0.15, -0.1) is 0 Å². The second kappa shape index (κ2) is 7.21. The van der Waals surface area contributed by atoms with Gasteiger partial charge < -0.3 is 10.3 Å². The molecule has 0 atom stereocenters. The molecule has 0 saturated carbocycles. The lowest BCUT2D eigenvalue weighted by atomic mass is 10.0. The zero-order valence-corrected chi connectivity index (χ0v) is 19.1. The molecule has 2 N–H and O–H groups in total. The number of hydrogen-bond donors (Lipinski definition) is 1. The second-order valence-corrected chi connectivity index (χ2v) is 8.56. The molecule has 0 radical (unpaired) electrons. The average molecular weight is 450 g/mol. The summed E-state index contributed by atoms with van der Waals surface area (Å²) in [6.45, 7) is 0. The molecule has 0 unspecified atom stereocenters. The van der Waals surface area contributed by atoms with Crippen molar-refractivity contribution in [1.82, 2.24) is 28.2 Å². The summed E-state index contributed by atoms with van der Waals surface area (Å²) in [5.41, 5.74) is 14.1. The molecule has 0 fully saturated rings. The highest BCUT2D eigenvalue weighted by Gasteiger charge is 2.19. The molecule has 8 nitrogen and oxygen atoms in total. The number of aromatic nitrogens is 6. The van der Waals surface area contributed by atoms with Crippen LogP contribution in [0.5, 0.6) is 0 Å². The highest BCUT2D eigenvalue weighted by atomic mass is 16.1. The maximum absolute atomic E-state index is 12.5. The van der Waals surface area contributed by atoms with Crippen LogP contribution in [-0.2, 0) is 21.1 Å². The molecule has 168 valence electrons. The topological polar surface area (TPSA) is 88.6 Å². The summed E-state index contributed by atoms with van der Waals surface area (Å²) in [6, 6.07) is 20.1. The third-order valence-electron chi connectivity index (χ3n) is 6.46. The fourth-order valence-electron chi connectivity index (χ4n) is 4.58. The lowest BCUT2D eigenvalue weighted by Crippen LogP contribution is -2.19. The highest BCUT2D eigenvalue weighted by molar-refractivity contribution is 5.88. The Bertz CT molecular complexity index is 1760. The number of fused-ring (bicyclic) bond motifs is 2. The molecular formula is C26H23N7O. The Hall–Kier alpha value is -4.59. The summed E-state index contributed by atoms with van der Waals surface area (Å²) in [5.74, 6) is 0.782. The number of anilines is 1. The predicted molar refractivity (Wildman–Crippen MR) is 135 cm³/mol. The Morgan fingerprint density at radius 2 is 1.50 bits per heavy atom. The Morgan fingerprint density at radius 1 is 0.794 bits per heavy atom. The van der Waals surface area contributed by atoms with Crippen LogP contribution in [0.3, 0.4) is 0 Å². The monoisotopic (exact) mass is 449 g/mol. The Labute approximate surface area is 195 Å². The third-order valence-corrected chi connectivity index (χ3v) is 6.46. The van der Waals surface area contributed by atoms with Crippen molar-refractivity contribution in [3.63, 3.8) is 0 Å². The second-order valence-electron chi connectivity index (χ2n) is 8.56. The Morgan fingerprint density at radius 3 is 2.24 bits per heavy atom. The molecule has 3 heterocycles. The van der Waals surface area contributed by atoms with Crippen LogP contribution < -0.4 is 11.4 Å². The first kappa shape index (κ1) is 20.0. The van der Waals surface area contributed by atoms with E-state index < -0.39 is 0 Å². The minimum Gasteiger partial charge on any atom is -0.399 e. The SMILES string of the molecule is Cn1cncc1-c1nc2cc(-c3ccc(N)cc3)ccc2n1-c1ccc2c(c1)n(C)c(=O)n2C. The molecule has 6 aromatic rings. The van der Waals surface area contributed by atoms with Gasteiger partial charge in [0, 0.05) is 32.5 Å². The normalized spacial score (nSPS) is 11.6. The molecule has 0 aliphatic rings. The van der Waals surface area contributed by atoms with E-state index in [-0.39, 0.29) is 5.69 Å². The van der Waals surface area contributed by atoms with Crippen molar-refractivity contribution in [2.45, 2.75) is 0 Å². The van der Waals surface area contributed by atoms with E-state index in [1.807, 2.05) is 60.3 Å². The van der Waals surface area contributed by atoms with Crippen molar-refractivity contribution in [1.29, 1.82) is 0 Å². The molecule has 6 rings (SSSR count). The van der Waals surface area contributed by atoms with E-state index in [4.69, 9.17) is 10.7 Å². The van der Waals surface area contributed by atoms with E-state index in [1.54, 1.807) is 29.6 Å². The van der Waals surface area contributed by atoms with Crippen LogP contribution >= 0.6 is 0 Å². The summed E-state index contributed by atoms with van der Waals surface area (Å²) in [5, 5.41) is 0. The molecule has 34 heavy (non-hydrogen) atoms. The minimum absolute atomic E-state index is 0.0531. The molecule has 0 spiro atoms. The van der Waals surface area contributed by atoms with Crippen molar-refractivity contribution >= 4 is 27.8 Å². The maximum atomic E-state index is 12.5. The number of aryl methyl sites for hydroxylation is 3. The van der Waals surface area contributed by atoms with Gasteiger partial charge in [-0.3, -0.25) is 13.7 Å². The number of nitrogens with zero attached hydrogens (tertiary/aromatic N) is 6. The molecule has 0 aliphatic heterocycles. The molecule has 3 aromatic heterocycles. The fraction of sp³-hybridized carbons (Fsp3) is 0.115. The Kier molecular flexibility index (Phi) is 4.25. The van der Waals surface area contributed by atoms with Gasteiger partial charge >= 0.3 is 5.69 Å². The highest BCUT2D eigenvalue weighted by Crippen LogP contribution is 2.32. The maximum Gasteiger partial charge on any atom is 0.328 e. The van der Waals surface area contributed by atoms with Gasteiger partial charge in [0.2, 0.25) is 0 Å². The number of hydrogen-bond acceptors (Lipinski definition) is 4. The molecular weight excluding hydrogens is 426 g/mol. The van der Waals surface area contributed by atoms with Crippen LogP contribution in [0.2, 0.25) is 0 Å². The van der Waals surface area contributed by atoms with Crippen molar-refractivity contribution in [3.05, 3.63) is 83.7 Å². The largest absolute Gasteiger partial charge is 0.399 e. The molecule has 0 bridgehead atoms. The summed E-state index contributed by atoms with van der Waals surface area (Å²) in [6.07, 6.45) is 3.58. The van der Waals surface area contributed by atoms with Crippen LogP contribution in [0.1, 0.15) is 0 Å². The number of rotatable bonds is 3. The van der Waals surface area contributed by atoms with E-state index >= 15 is 0 Å².